The van der Waals surface area contributed by atoms with Crippen LogP contribution in [0.1, 0.15) is 37.6 Å². The lowest BCUT2D eigenvalue weighted by Crippen LogP contribution is -2.20. The second-order valence-electron chi connectivity index (χ2n) is 5.02. The molecule has 5 heteroatoms. The molecule has 1 aromatic rings. The van der Waals surface area contributed by atoms with E-state index in [-0.39, 0.29) is 22.7 Å². The highest BCUT2D eigenvalue weighted by atomic mass is 16.4. The molecular weight excluding hydrogens is 220 g/mol. The monoisotopic (exact) mass is 236 g/mol. The molecular formula is C12H16N2O3. The van der Waals surface area contributed by atoms with Crippen molar-refractivity contribution in [1.29, 1.82) is 0 Å². The number of aromatic nitrogens is 1. The van der Waals surface area contributed by atoms with Crippen LogP contribution in [0.5, 0.6) is 0 Å². The molecule has 0 atom stereocenters. The quantitative estimate of drug-likeness (QED) is 0.842. The second kappa shape index (κ2) is 4.95. The molecule has 0 saturated carbocycles. The van der Waals surface area contributed by atoms with E-state index in [1.807, 2.05) is 20.8 Å². The first-order valence-corrected chi connectivity index (χ1v) is 5.27. The van der Waals surface area contributed by atoms with Gasteiger partial charge in [0.15, 0.2) is 0 Å². The summed E-state index contributed by atoms with van der Waals surface area (Å²) in [6.07, 6.45) is 1.71. The smallest absolute Gasteiger partial charge is 0.335 e. The molecule has 17 heavy (non-hydrogen) atoms. The van der Waals surface area contributed by atoms with Crippen molar-refractivity contribution in [2.75, 3.05) is 5.32 Å². The largest absolute Gasteiger partial charge is 0.478 e. The molecule has 0 aliphatic carbocycles. The summed E-state index contributed by atoms with van der Waals surface area (Å²) in [5.41, 5.74) is -0.0137. The second-order valence-corrected chi connectivity index (χ2v) is 5.02. The predicted molar refractivity (Wildman–Crippen MR) is 63.9 cm³/mol. The number of amides is 1. The van der Waals surface area contributed by atoms with Gasteiger partial charge in [-0.2, -0.15) is 0 Å². The highest BCUT2D eigenvalue weighted by Gasteiger charge is 2.16. The molecule has 5 nitrogen and oxygen atoms in total. The number of carboxylic acids is 1. The third-order valence-corrected chi connectivity index (χ3v) is 1.97. The Morgan fingerprint density at radius 2 is 2.06 bits per heavy atom. The van der Waals surface area contributed by atoms with Crippen molar-refractivity contribution in [3.05, 3.63) is 23.9 Å². The maximum atomic E-state index is 11.6. The van der Waals surface area contributed by atoms with Gasteiger partial charge in [0, 0.05) is 12.6 Å². The molecule has 0 radical (unpaired) electrons. The van der Waals surface area contributed by atoms with Crippen LogP contribution in [0.3, 0.4) is 0 Å². The number of nitrogens with zero attached hydrogens (tertiary/aromatic N) is 1. The van der Waals surface area contributed by atoms with Crippen molar-refractivity contribution in [2.24, 2.45) is 5.41 Å². The van der Waals surface area contributed by atoms with Gasteiger partial charge in [-0.05, 0) is 17.5 Å². The summed E-state index contributed by atoms with van der Waals surface area (Å²) in [6, 6.07) is 2.71. The zero-order valence-corrected chi connectivity index (χ0v) is 10.2. The SMILES string of the molecule is CC(C)(C)CC(=O)Nc1cc(C(=O)O)ccn1. The summed E-state index contributed by atoms with van der Waals surface area (Å²) in [7, 11) is 0. The fourth-order valence-electron chi connectivity index (χ4n) is 1.30. The highest BCUT2D eigenvalue weighted by Crippen LogP contribution is 2.19. The molecule has 0 aliphatic rings. The van der Waals surface area contributed by atoms with Gasteiger partial charge >= 0.3 is 5.97 Å². The van der Waals surface area contributed by atoms with E-state index in [9.17, 15) is 9.59 Å². The van der Waals surface area contributed by atoms with Crippen LogP contribution in [0.15, 0.2) is 18.3 Å². The zero-order chi connectivity index (χ0) is 13.1. The molecule has 0 aliphatic heterocycles. The molecule has 1 rings (SSSR count). The topological polar surface area (TPSA) is 79.3 Å². The third-order valence-electron chi connectivity index (χ3n) is 1.97. The van der Waals surface area contributed by atoms with Crippen molar-refractivity contribution in [3.63, 3.8) is 0 Å². The van der Waals surface area contributed by atoms with Gasteiger partial charge < -0.3 is 10.4 Å². The van der Waals surface area contributed by atoms with Crippen molar-refractivity contribution in [3.8, 4) is 0 Å². The van der Waals surface area contributed by atoms with Crippen LogP contribution in [0.2, 0.25) is 0 Å². The Kier molecular flexibility index (Phi) is 3.83. The van der Waals surface area contributed by atoms with Crippen molar-refractivity contribution in [2.45, 2.75) is 27.2 Å². The Labute approximate surface area is 99.9 Å². The van der Waals surface area contributed by atoms with E-state index in [4.69, 9.17) is 5.11 Å². The number of carbonyl (C=O) groups excluding carboxylic acids is 1. The predicted octanol–water partition coefficient (Wildman–Crippen LogP) is 2.15. The van der Waals surface area contributed by atoms with Gasteiger partial charge in [-0.15, -0.1) is 0 Å². The number of hydrogen-bond donors (Lipinski definition) is 2. The number of aromatic carboxylic acids is 1. The summed E-state index contributed by atoms with van der Waals surface area (Å²) < 4.78 is 0. The van der Waals surface area contributed by atoms with Gasteiger partial charge in [-0.25, -0.2) is 9.78 Å². The number of anilines is 1. The van der Waals surface area contributed by atoms with Gasteiger partial charge in [-0.1, -0.05) is 20.8 Å². The lowest BCUT2D eigenvalue weighted by molar-refractivity contribution is -0.117. The lowest BCUT2D eigenvalue weighted by Gasteiger charge is -2.16. The molecule has 2 N–H and O–H groups in total. The molecule has 1 heterocycles. The van der Waals surface area contributed by atoms with Gasteiger partial charge in [0.25, 0.3) is 0 Å². The number of nitrogens with one attached hydrogen (secondary N) is 1. The van der Waals surface area contributed by atoms with Crippen molar-refractivity contribution < 1.29 is 14.7 Å². The molecule has 92 valence electrons. The fraction of sp³-hybridized carbons (Fsp3) is 0.417. The summed E-state index contributed by atoms with van der Waals surface area (Å²) >= 11 is 0. The Balaban J connectivity index is 2.72. The van der Waals surface area contributed by atoms with E-state index in [1.165, 1.54) is 18.3 Å². The van der Waals surface area contributed by atoms with Crippen LogP contribution in [0, 0.1) is 5.41 Å². The molecule has 0 bridgehead atoms. The average Bonchev–Trinajstić information content (AvgIpc) is 2.14. The minimum Gasteiger partial charge on any atom is -0.478 e. The lowest BCUT2D eigenvalue weighted by atomic mass is 9.92. The Morgan fingerprint density at radius 1 is 1.41 bits per heavy atom. The minimum atomic E-state index is -1.04. The van der Waals surface area contributed by atoms with E-state index in [0.29, 0.717) is 6.42 Å². The molecule has 0 aromatic carbocycles. The minimum absolute atomic E-state index is 0.103. The summed E-state index contributed by atoms with van der Waals surface area (Å²) in [4.78, 5) is 26.2. The van der Waals surface area contributed by atoms with Crippen LogP contribution < -0.4 is 5.32 Å². The average molecular weight is 236 g/mol. The molecule has 1 amide bonds. The van der Waals surface area contributed by atoms with Crippen LogP contribution in [-0.4, -0.2) is 22.0 Å². The number of hydrogen-bond acceptors (Lipinski definition) is 3. The van der Waals surface area contributed by atoms with Crippen LogP contribution in [-0.2, 0) is 4.79 Å². The van der Waals surface area contributed by atoms with E-state index < -0.39 is 5.97 Å². The molecule has 0 saturated heterocycles. The van der Waals surface area contributed by atoms with Gasteiger partial charge in [0.2, 0.25) is 5.91 Å². The van der Waals surface area contributed by atoms with Crippen molar-refractivity contribution >= 4 is 17.7 Å². The maximum absolute atomic E-state index is 11.6. The Morgan fingerprint density at radius 3 is 2.59 bits per heavy atom. The highest BCUT2D eigenvalue weighted by molar-refractivity contribution is 5.93. The first-order chi connectivity index (χ1) is 7.78. The van der Waals surface area contributed by atoms with E-state index in [0.717, 1.165) is 0 Å². The number of rotatable bonds is 3. The van der Waals surface area contributed by atoms with Crippen LogP contribution >= 0.6 is 0 Å². The standard InChI is InChI=1S/C12H16N2O3/c1-12(2,3)7-10(15)14-9-6-8(11(16)17)4-5-13-9/h4-6H,7H2,1-3H3,(H,16,17)(H,13,14,15). The fourth-order valence-corrected chi connectivity index (χ4v) is 1.30. The van der Waals surface area contributed by atoms with E-state index in [1.54, 1.807) is 0 Å². The molecule has 0 unspecified atom stereocenters. The molecule has 0 spiro atoms. The van der Waals surface area contributed by atoms with E-state index in [2.05, 4.69) is 10.3 Å². The number of carbonyl (C=O) groups is 2. The van der Waals surface area contributed by atoms with Crippen molar-refractivity contribution in [1.82, 2.24) is 4.98 Å². The zero-order valence-electron chi connectivity index (χ0n) is 10.2. The Hall–Kier alpha value is -1.91. The van der Waals surface area contributed by atoms with E-state index >= 15 is 0 Å². The number of carboxylic acid groups (broad SMARTS) is 1. The van der Waals surface area contributed by atoms with Crippen LogP contribution in [0.25, 0.3) is 0 Å². The number of pyridine rings is 1. The molecule has 0 fully saturated rings. The van der Waals surface area contributed by atoms with Gasteiger partial charge in [0.05, 0.1) is 5.56 Å². The maximum Gasteiger partial charge on any atom is 0.335 e. The first kappa shape index (κ1) is 13.2. The third kappa shape index (κ3) is 4.63. The first-order valence-electron chi connectivity index (χ1n) is 5.27. The summed E-state index contributed by atoms with van der Waals surface area (Å²) in [6.45, 7) is 5.86. The van der Waals surface area contributed by atoms with Crippen LogP contribution in [0.4, 0.5) is 5.82 Å². The Bertz CT molecular complexity index is 436. The summed E-state index contributed by atoms with van der Waals surface area (Å²) in [5.74, 6) is -0.953. The van der Waals surface area contributed by atoms with Gasteiger partial charge in [-0.3, -0.25) is 4.79 Å². The van der Waals surface area contributed by atoms with Gasteiger partial charge in [0.1, 0.15) is 5.82 Å². The molecule has 1 aromatic heterocycles. The summed E-state index contributed by atoms with van der Waals surface area (Å²) in [5, 5.41) is 11.4. The normalized spacial score (nSPS) is 11.0.